The molecule has 0 rings (SSSR count). The highest BCUT2D eigenvalue weighted by atomic mass is 16.3. The van der Waals surface area contributed by atoms with Crippen molar-refractivity contribution in [3.63, 3.8) is 0 Å². The van der Waals surface area contributed by atoms with Crippen LogP contribution in [0, 0.1) is 17.8 Å². The van der Waals surface area contributed by atoms with Crippen molar-refractivity contribution in [2.24, 2.45) is 17.8 Å². The Labute approximate surface area is 106 Å². The van der Waals surface area contributed by atoms with E-state index in [-0.39, 0.29) is 11.8 Å². The molecule has 0 heterocycles. The van der Waals surface area contributed by atoms with Gasteiger partial charge >= 0.3 is 0 Å². The highest BCUT2D eigenvalue weighted by Crippen LogP contribution is 2.19. The Morgan fingerprint density at radius 2 is 1.82 bits per heavy atom. The van der Waals surface area contributed by atoms with Crippen LogP contribution in [-0.2, 0) is 4.79 Å². The fourth-order valence-electron chi connectivity index (χ4n) is 1.49. The van der Waals surface area contributed by atoms with Gasteiger partial charge in [-0.1, -0.05) is 41.0 Å². The number of nitrogens with one attached hydrogen (secondary N) is 1. The second-order valence-corrected chi connectivity index (χ2v) is 5.87. The number of hydrogen-bond acceptors (Lipinski definition) is 2. The normalized spacial score (nSPS) is 18.6. The highest BCUT2D eigenvalue weighted by molar-refractivity contribution is 5.76. The lowest BCUT2D eigenvalue weighted by Crippen LogP contribution is -2.45. The molecule has 2 N–H and O–H groups in total. The zero-order chi connectivity index (χ0) is 13.6. The summed E-state index contributed by atoms with van der Waals surface area (Å²) in [6, 6.07) is 0. The van der Waals surface area contributed by atoms with E-state index in [1.54, 1.807) is 6.92 Å². The fraction of sp³-hybridized carbons (Fsp3) is 0.929. The molecule has 0 aromatic rings. The van der Waals surface area contributed by atoms with Crippen molar-refractivity contribution in [3.8, 4) is 0 Å². The predicted molar refractivity (Wildman–Crippen MR) is 71.7 cm³/mol. The van der Waals surface area contributed by atoms with Gasteiger partial charge in [0.05, 0.1) is 5.60 Å². The molecule has 0 spiro atoms. The van der Waals surface area contributed by atoms with Crippen LogP contribution in [0.5, 0.6) is 0 Å². The Hall–Kier alpha value is -0.570. The highest BCUT2D eigenvalue weighted by Gasteiger charge is 2.27. The van der Waals surface area contributed by atoms with Crippen LogP contribution in [0.15, 0.2) is 0 Å². The van der Waals surface area contributed by atoms with Gasteiger partial charge in [-0.25, -0.2) is 0 Å². The first kappa shape index (κ1) is 16.4. The van der Waals surface area contributed by atoms with Crippen molar-refractivity contribution < 1.29 is 9.90 Å². The standard InChI is InChI=1S/C14H29NO2/c1-7-12(5)14(6,17)9-15-13(16)8-11(4)10(2)3/h10-12,17H,7-9H2,1-6H3,(H,15,16). The van der Waals surface area contributed by atoms with Crippen molar-refractivity contribution in [3.05, 3.63) is 0 Å². The molecule has 102 valence electrons. The van der Waals surface area contributed by atoms with Gasteiger partial charge in [-0.2, -0.15) is 0 Å². The zero-order valence-electron chi connectivity index (χ0n) is 12.2. The smallest absolute Gasteiger partial charge is 0.220 e. The van der Waals surface area contributed by atoms with E-state index in [1.807, 2.05) is 13.8 Å². The Kier molecular flexibility index (Phi) is 6.76. The molecule has 0 aromatic carbocycles. The number of carbonyl (C=O) groups is 1. The van der Waals surface area contributed by atoms with Crippen LogP contribution in [-0.4, -0.2) is 23.2 Å². The number of carbonyl (C=O) groups excluding carboxylic acids is 1. The summed E-state index contributed by atoms with van der Waals surface area (Å²) in [6.07, 6.45) is 1.44. The molecule has 17 heavy (non-hydrogen) atoms. The predicted octanol–water partition coefficient (Wildman–Crippen LogP) is 2.58. The average Bonchev–Trinajstić information content (AvgIpc) is 2.25. The molecule has 0 aliphatic heterocycles. The lowest BCUT2D eigenvalue weighted by Gasteiger charge is -2.30. The van der Waals surface area contributed by atoms with Crippen molar-refractivity contribution in [1.29, 1.82) is 0 Å². The Morgan fingerprint density at radius 1 is 1.29 bits per heavy atom. The largest absolute Gasteiger partial charge is 0.388 e. The molecule has 0 aliphatic rings. The average molecular weight is 243 g/mol. The summed E-state index contributed by atoms with van der Waals surface area (Å²) in [5, 5.41) is 13.0. The molecule has 0 saturated carbocycles. The Bertz CT molecular complexity index is 236. The van der Waals surface area contributed by atoms with E-state index in [4.69, 9.17) is 0 Å². The van der Waals surface area contributed by atoms with E-state index < -0.39 is 5.60 Å². The van der Waals surface area contributed by atoms with Crippen LogP contribution < -0.4 is 5.32 Å². The van der Waals surface area contributed by atoms with Crippen LogP contribution in [0.2, 0.25) is 0 Å². The van der Waals surface area contributed by atoms with Gasteiger partial charge in [-0.3, -0.25) is 4.79 Å². The van der Waals surface area contributed by atoms with E-state index in [2.05, 4.69) is 26.1 Å². The second-order valence-electron chi connectivity index (χ2n) is 5.87. The lowest BCUT2D eigenvalue weighted by atomic mass is 9.88. The third-order valence-electron chi connectivity index (χ3n) is 3.96. The summed E-state index contributed by atoms with van der Waals surface area (Å²) in [4.78, 5) is 11.7. The SMILES string of the molecule is CCC(C)C(C)(O)CNC(=O)CC(C)C(C)C. The quantitative estimate of drug-likeness (QED) is 0.722. The first-order valence-electron chi connectivity index (χ1n) is 6.69. The molecule has 3 nitrogen and oxygen atoms in total. The summed E-state index contributed by atoms with van der Waals surface area (Å²) in [5.74, 6) is 1.11. The maximum atomic E-state index is 11.7. The third kappa shape index (κ3) is 6.06. The molecule has 0 radical (unpaired) electrons. The molecule has 3 unspecified atom stereocenters. The van der Waals surface area contributed by atoms with E-state index in [1.165, 1.54) is 0 Å². The summed E-state index contributed by atoms with van der Waals surface area (Å²) in [5.41, 5.74) is -0.814. The van der Waals surface area contributed by atoms with Crippen LogP contribution in [0.4, 0.5) is 0 Å². The summed E-state index contributed by atoms with van der Waals surface area (Å²) in [6.45, 7) is 12.5. The molecule has 0 bridgehead atoms. The first-order chi connectivity index (χ1) is 7.70. The van der Waals surface area contributed by atoms with E-state index in [0.29, 0.717) is 24.8 Å². The Morgan fingerprint density at radius 3 is 2.24 bits per heavy atom. The minimum atomic E-state index is -0.814. The molecule has 0 aliphatic carbocycles. The van der Waals surface area contributed by atoms with E-state index >= 15 is 0 Å². The van der Waals surface area contributed by atoms with Crippen molar-refractivity contribution >= 4 is 5.91 Å². The van der Waals surface area contributed by atoms with Gasteiger partial charge in [0.1, 0.15) is 0 Å². The monoisotopic (exact) mass is 243 g/mol. The van der Waals surface area contributed by atoms with E-state index in [9.17, 15) is 9.90 Å². The van der Waals surface area contributed by atoms with Gasteiger partial charge in [0, 0.05) is 13.0 Å². The second kappa shape index (κ2) is 7.00. The number of hydrogen-bond donors (Lipinski definition) is 2. The van der Waals surface area contributed by atoms with Gasteiger partial charge < -0.3 is 10.4 Å². The van der Waals surface area contributed by atoms with E-state index in [0.717, 1.165) is 6.42 Å². The minimum Gasteiger partial charge on any atom is -0.388 e. The maximum Gasteiger partial charge on any atom is 0.220 e. The van der Waals surface area contributed by atoms with Gasteiger partial charge in [-0.15, -0.1) is 0 Å². The summed E-state index contributed by atoms with van der Waals surface area (Å²) >= 11 is 0. The molecule has 0 fully saturated rings. The van der Waals surface area contributed by atoms with Gasteiger partial charge in [0.25, 0.3) is 0 Å². The summed E-state index contributed by atoms with van der Waals surface area (Å²) < 4.78 is 0. The fourth-order valence-corrected chi connectivity index (χ4v) is 1.49. The van der Waals surface area contributed by atoms with Crippen molar-refractivity contribution in [2.45, 2.75) is 60.0 Å². The molecule has 1 amide bonds. The molecular formula is C14H29NO2. The molecule has 3 heteroatoms. The Balaban J connectivity index is 4.07. The van der Waals surface area contributed by atoms with Gasteiger partial charge in [0.2, 0.25) is 5.91 Å². The number of rotatable bonds is 7. The molecule has 0 aromatic heterocycles. The number of amides is 1. The number of aliphatic hydroxyl groups is 1. The van der Waals surface area contributed by atoms with Gasteiger partial charge in [0.15, 0.2) is 0 Å². The molecule has 3 atom stereocenters. The van der Waals surface area contributed by atoms with Gasteiger partial charge in [-0.05, 0) is 24.7 Å². The molecule has 0 saturated heterocycles. The third-order valence-corrected chi connectivity index (χ3v) is 3.96. The minimum absolute atomic E-state index is 0.0368. The zero-order valence-corrected chi connectivity index (χ0v) is 12.2. The van der Waals surface area contributed by atoms with Crippen molar-refractivity contribution in [2.75, 3.05) is 6.54 Å². The molecular weight excluding hydrogens is 214 g/mol. The van der Waals surface area contributed by atoms with Crippen LogP contribution in [0.1, 0.15) is 54.4 Å². The summed E-state index contributed by atoms with van der Waals surface area (Å²) in [7, 11) is 0. The van der Waals surface area contributed by atoms with Crippen LogP contribution in [0.3, 0.4) is 0 Å². The lowest BCUT2D eigenvalue weighted by molar-refractivity contribution is -0.123. The topological polar surface area (TPSA) is 49.3 Å². The maximum absolute atomic E-state index is 11.7. The van der Waals surface area contributed by atoms with Crippen LogP contribution in [0.25, 0.3) is 0 Å². The first-order valence-corrected chi connectivity index (χ1v) is 6.69. The van der Waals surface area contributed by atoms with Crippen LogP contribution >= 0.6 is 0 Å². The van der Waals surface area contributed by atoms with Crippen molar-refractivity contribution in [1.82, 2.24) is 5.32 Å².